The molecule has 0 radical (unpaired) electrons. The third-order valence-corrected chi connectivity index (χ3v) is 10.4. The van der Waals surface area contributed by atoms with E-state index in [1.165, 1.54) is 120 Å². The van der Waals surface area contributed by atoms with Gasteiger partial charge in [-0.1, -0.05) is 143 Å². The Morgan fingerprint density at radius 1 is 0.431 bits per heavy atom. The van der Waals surface area contributed by atoms with E-state index in [2.05, 4.69) is 27.7 Å². The number of Topliss-reactive ketones (excluding diaryl/α,β-unsaturated/α-hetero) is 1. The van der Waals surface area contributed by atoms with Crippen molar-refractivity contribution in [2.45, 2.75) is 220 Å². The molecule has 0 aliphatic carbocycles. The van der Waals surface area contributed by atoms with Gasteiger partial charge in [-0.2, -0.15) is 0 Å². The van der Waals surface area contributed by atoms with E-state index in [4.69, 9.17) is 9.47 Å². The molecule has 7 heteroatoms. The summed E-state index contributed by atoms with van der Waals surface area (Å²) >= 11 is 0. The minimum absolute atomic E-state index is 0.00844. The first-order valence-corrected chi connectivity index (χ1v) is 21.8. The summed E-state index contributed by atoms with van der Waals surface area (Å²) in [6.07, 6.45) is 31.4. The van der Waals surface area contributed by atoms with Crippen LogP contribution in [0.15, 0.2) is 0 Å². The molecule has 0 bridgehead atoms. The van der Waals surface area contributed by atoms with Gasteiger partial charge in [0.1, 0.15) is 12.3 Å². The lowest BCUT2D eigenvalue weighted by molar-refractivity contribution is -0.148. The molecule has 0 rings (SSSR count). The van der Waals surface area contributed by atoms with Crippen LogP contribution in [0.4, 0.5) is 0 Å². The normalized spacial score (nSPS) is 12.4. The van der Waals surface area contributed by atoms with Gasteiger partial charge in [-0.15, -0.1) is 0 Å². The molecule has 0 fully saturated rings. The zero-order valence-corrected chi connectivity index (χ0v) is 34.4. The Balaban J connectivity index is 3.93. The van der Waals surface area contributed by atoms with Crippen LogP contribution in [0.2, 0.25) is 0 Å². The van der Waals surface area contributed by atoms with Crippen LogP contribution in [0.1, 0.15) is 220 Å². The summed E-state index contributed by atoms with van der Waals surface area (Å²) in [6.45, 7) is 9.70. The molecule has 0 aromatic rings. The van der Waals surface area contributed by atoms with Crippen LogP contribution < -0.4 is 0 Å². The van der Waals surface area contributed by atoms with Crippen molar-refractivity contribution < 1.29 is 28.7 Å². The van der Waals surface area contributed by atoms with Crippen molar-refractivity contribution in [3.05, 3.63) is 0 Å². The molecule has 0 aromatic heterocycles. The summed E-state index contributed by atoms with van der Waals surface area (Å²) in [4.78, 5) is 51.1. The summed E-state index contributed by atoms with van der Waals surface area (Å²) in [7, 11) is 1.69. The van der Waals surface area contributed by atoms with E-state index in [1.54, 1.807) is 7.05 Å². The second-order valence-corrected chi connectivity index (χ2v) is 15.4. The lowest BCUT2D eigenvalue weighted by atomic mass is 9.90. The number of esters is 2. The highest BCUT2D eigenvalue weighted by atomic mass is 16.5. The second kappa shape index (κ2) is 36.4. The SMILES string of the molecule is CCCCCCCC(CCCCC)CCC(=O)OCCCCCC(=O)CCCCCOC(=O)CN(C)C(=O)CCC(CCCC)CCCCCC. The predicted octanol–water partition coefficient (Wildman–Crippen LogP) is 12.1. The van der Waals surface area contributed by atoms with Crippen LogP contribution in [-0.4, -0.2) is 55.3 Å². The van der Waals surface area contributed by atoms with Crippen molar-refractivity contribution in [2.24, 2.45) is 11.8 Å². The Morgan fingerprint density at radius 3 is 1.39 bits per heavy atom. The first kappa shape index (κ1) is 49.1. The van der Waals surface area contributed by atoms with Crippen molar-refractivity contribution in [1.29, 1.82) is 0 Å². The molecule has 0 saturated carbocycles. The molecule has 7 nitrogen and oxygen atoms in total. The van der Waals surface area contributed by atoms with E-state index >= 15 is 0 Å². The molecule has 0 aliphatic heterocycles. The predicted molar refractivity (Wildman–Crippen MR) is 213 cm³/mol. The van der Waals surface area contributed by atoms with Gasteiger partial charge in [-0.3, -0.25) is 19.2 Å². The second-order valence-electron chi connectivity index (χ2n) is 15.4. The van der Waals surface area contributed by atoms with E-state index in [1.807, 2.05) is 0 Å². The third-order valence-electron chi connectivity index (χ3n) is 10.4. The average Bonchev–Trinajstić information content (AvgIpc) is 3.12. The summed E-state index contributed by atoms with van der Waals surface area (Å²) < 4.78 is 10.9. The van der Waals surface area contributed by atoms with E-state index in [9.17, 15) is 19.2 Å². The van der Waals surface area contributed by atoms with Crippen LogP contribution in [0.25, 0.3) is 0 Å². The molecular formula is C44H83NO6. The summed E-state index contributed by atoms with van der Waals surface area (Å²) in [5.74, 6) is 1.08. The van der Waals surface area contributed by atoms with E-state index in [0.29, 0.717) is 50.7 Å². The number of hydrogen-bond acceptors (Lipinski definition) is 6. The molecule has 300 valence electrons. The molecule has 51 heavy (non-hydrogen) atoms. The molecule has 0 heterocycles. The van der Waals surface area contributed by atoms with Crippen molar-refractivity contribution in [3.8, 4) is 0 Å². The first-order chi connectivity index (χ1) is 24.8. The number of carbonyl (C=O) groups excluding carboxylic acids is 4. The van der Waals surface area contributed by atoms with Crippen LogP contribution in [0, 0.1) is 11.8 Å². The highest BCUT2D eigenvalue weighted by Crippen LogP contribution is 2.24. The maximum atomic E-state index is 12.7. The Kier molecular flexibility index (Phi) is 35.1. The molecule has 0 aromatic carbocycles. The number of carbonyl (C=O) groups is 4. The summed E-state index contributed by atoms with van der Waals surface area (Å²) in [5, 5.41) is 0. The fourth-order valence-corrected chi connectivity index (χ4v) is 6.88. The molecule has 2 atom stereocenters. The van der Waals surface area contributed by atoms with Gasteiger partial charge >= 0.3 is 11.9 Å². The number of likely N-dealkylation sites (N-methyl/N-ethyl adjacent to an activating group) is 1. The van der Waals surface area contributed by atoms with Crippen molar-refractivity contribution >= 4 is 23.6 Å². The number of ketones is 1. The highest BCUT2D eigenvalue weighted by molar-refractivity contribution is 5.81. The molecular weight excluding hydrogens is 638 g/mol. The highest BCUT2D eigenvalue weighted by Gasteiger charge is 2.17. The Bertz CT molecular complexity index is 845. The topological polar surface area (TPSA) is 90.0 Å². The van der Waals surface area contributed by atoms with Crippen molar-refractivity contribution in [1.82, 2.24) is 4.90 Å². The van der Waals surface area contributed by atoms with Gasteiger partial charge in [0.05, 0.1) is 13.2 Å². The fourth-order valence-electron chi connectivity index (χ4n) is 6.88. The monoisotopic (exact) mass is 722 g/mol. The third kappa shape index (κ3) is 32.5. The lowest BCUT2D eigenvalue weighted by Crippen LogP contribution is -2.33. The molecule has 0 spiro atoms. The lowest BCUT2D eigenvalue weighted by Gasteiger charge is -2.20. The maximum Gasteiger partial charge on any atom is 0.325 e. The number of unbranched alkanes of at least 4 members (excludes halogenated alkanes) is 14. The van der Waals surface area contributed by atoms with E-state index < -0.39 is 0 Å². The molecule has 0 N–H and O–H groups in total. The fraction of sp³-hybridized carbons (Fsp3) is 0.909. The van der Waals surface area contributed by atoms with Crippen LogP contribution in [0.3, 0.4) is 0 Å². The minimum Gasteiger partial charge on any atom is -0.466 e. The van der Waals surface area contributed by atoms with Crippen LogP contribution in [0.5, 0.6) is 0 Å². The zero-order chi connectivity index (χ0) is 37.8. The van der Waals surface area contributed by atoms with Gasteiger partial charge < -0.3 is 14.4 Å². The Labute approximate surface area is 315 Å². The number of hydrogen-bond donors (Lipinski definition) is 0. The largest absolute Gasteiger partial charge is 0.466 e. The summed E-state index contributed by atoms with van der Waals surface area (Å²) in [5.41, 5.74) is 0. The van der Waals surface area contributed by atoms with Gasteiger partial charge in [0.2, 0.25) is 5.91 Å². The van der Waals surface area contributed by atoms with Gasteiger partial charge in [-0.05, 0) is 63.2 Å². The smallest absolute Gasteiger partial charge is 0.325 e. The van der Waals surface area contributed by atoms with Crippen molar-refractivity contribution in [3.63, 3.8) is 0 Å². The van der Waals surface area contributed by atoms with Gasteiger partial charge in [-0.25, -0.2) is 0 Å². The van der Waals surface area contributed by atoms with E-state index in [-0.39, 0.29) is 30.2 Å². The summed E-state index contributed by atoms with van der Waals surface area (Å²) in [6, 6.07) is 0. The Morgan fingerprint density at radius 2 is 0.843 bits per heavy atom. The molecule has 0 aliphatic rings. The quantitative estimate of drug-likeness (QED) is 0.0466. The first-order valence-electron chi connectivity index (χ1n) is 21.8. The van der Waals surface area contributed by atoms with Gasteiger partial charge in [0.15, 0.2) is 0 Å². The zero-order valence-electron chi connectivity index (χ0n) is 34.4. The van der Waals surface area contributed by atoms with E-state index in [0.717, 1.165) is 51.4 Å². The van der Waals surface area contributed by atoms with Crippen molar-refractivity contribution in [2.75, 3.05) is 26.8 Å². The molecule has 0 saturated heterocycles. The average molecular weight is 722 g/mol. The molecule has 1 amide bonds. The molecule has 2 unspecified atom stereocenters. The van der Waals surface area contributed by atoms with Gasteiger partial charge in [0.25, 0.3) is 0 Å². The Hall–Kier alpha value is -1.92. The maximum absolute atomic E-state index is 12.7. The standard InChI is InChI=1S/C44H83NO6/c1-6-10-14-16-21-29-40(27-19-12-8-3)33-35-43(48)50-36-24-17-22-30-41(46)31-23-18-25-37-51-44(49)38-45(5)42(47)34-32-39(26-13-9-4)28-20-15-11-7-2/h39-40H,6-38H2,1-5H3. The number of nitrogens with zero attached hydrogens (tertiary/aromatic N) is 1. The van der Waals surface area contributed by atoms with Crippen LogP contribution >= 0.6 is 0 Å². The van der Waals surface area contributed by atoms with Crippen LogP contribution in [-0.2, 0) is 28.7 Å². The van der Waals surface area contributed by atoms with Gasteiger partial charge in [0, 0.05) is 32.7 Å². The number of amides is 1. The minimum atomic E-state index is -0.366. The number of ether oxygens (including phenoxy) is 2. The number of rotatable bonds is 38.